The number of hydrogen-bond donors (Lipinski definition) is 0. The van der Waals surface area contributed by atoms with E-state index in [0.717, 1.165) is 10.1 Å². The van der Waals surface area contributed by atoms with Gasteiger partial charge in [-0.2, -0.15) is 0 Å². The molecule has 4 rings (SSSR count). The fourth-order valence-electron chi connectivity index (χ4n) is 3.12. The molecule has 140 valence electrons. The van der Waals surface area contributed by atoms with Crippen LogP contribution in [0.25, 0.3) is 11.0 Å². The number of halogens is 2. The Morgan fingerprint density at radius 1 is 0.893 bits per heavy atom. The van der Waals surface area contributed by atoms with Crippen molar-refractivity contribution >= 4 is 22.6 Å². The molecular formula is C21H15ClFN3O2. The third-order valence-electron chi connectivity index (χ3n) is 4.46. The van der Waals surface area contributed by atoms with Crippen LogP contribution in [0, 0.1) is 5.82 Å². The quantitative estimate of drug-likeness (QED) is 0.532. The highest BCUT2D eigenvalue weighted by molar-refractivity contribution is 6.30. The summed E-state index contributed by atoms with van der Waals surface area (Å²) in [5.74, 6) is -0.391. The Morgan fingerprint density at radius 3 is 2.39 bits per heavy atom. The van der Waals surface area contributed by atoms with E-state index in [2.05, 4.69) is 4.98 Å². The van der Waals surface area contributed by atoms with Crippen LogP contribution in [0.3, 0.4) is 0 Å². The molecule has 2 aromatic heterocycles. The highest BCUT2D eigenvalue weighted by Gasteiger charge is 2.15. The number of pyridine rings is 1. The van der Waals surface area contributed by atoms with Crippen molar-refractivity contribution in [2.45, 2.75) is 13.1 Å². The fourth-order valence-corrected chi connectivity index (χ4v) is 3.25. The van der Waals surface area contributed by atoms with E-state index in [9.17, 15) is 14.0 Å². The maximum absolute atomic E-state index is 13.6. The van der Waals surface area contributed by atoms with Gasteiger partial charge in [-0.3, -0.25) is 13.9 Å². The Kier molecular flexibility index (Phi) is 4.79. The van der Waals surface area contributed by atoms with Gasteiger partial charge in [0.15, 0.2) is 0 Å². The zero-order chi connectivity index (χ0) is 19.7. The molecule has 4 aromatic rings. The summed E-state index contributed by atoms with van der Waals surface area (Å²) in [7, 11) is 0. The van der Waals surface area contributed by atoms with Gasteiger partial charge in [-0.15, -0.1) is 0 Å². The van der Waals surface area contributed by atoms with E-state index in [1.54, 1.807) is 48.5 Å². The summed E-state index contributed by atoms with van der Waals surface area (Å²) < 4.78 is 16.1. The summed E-state index contributed by atoms with van der Waals surface area (Å²) in [5, 5.41) is 0.898. The first kappa shape index (κ1) is 18.1. The molecule has 0 aliphatic carbocycles. The van der Waals surface area contributed by atoms with Crippen LogP contribution in [-0.2, 0) is 13.1 Å². The van der Waals surface area contributed by atoms with Crippen molar-refractivity contribution in [2.75, 3.05) is 0 Å². The van der Waals surface area contributed by atoms with Crippen LogP contribution in [0.1, 0.15) is 11.1 Å². The van der Waals surface area contributed by atoms with Crippen molar-refractivity contribution < 1.29 is 4.39 Å². The van der Waals surface area contributed by atoms with Crippen LogP contribution >= 0.6 is 11.6 Å². The molecule has 0 spiro atoms. The Hall–Kier alpha value is -3.25. The standard InChI is InChI=1S/C21H15ClFN3O2/c22-16-8-6-14(7-9-16)12-26-20(27)18-5-2-10-24-19(18)25(21(26)28)13-15-3-1-4-17(23)11-15/h1-11H,12-13H2. The maximum atomic E-state index is 13.6. The van der Waals surface area contributed by atoms with Gasteiger partial charge in [-0.05, 0) is 47.5 Å². The predicted octanol–water partition coefficient (Wildman–Crippen LogP) is 3.45. The highest BCUT2D eigenvalue weighted by atomic mass is 35.5. The Balaban J connectivity index is 1.89. The Morgan fingerprint density at radius 2 is 1.64 bits per heavy atom. The average molecular weight is 396 g/mol. The molecule has 0 radical (unpaired) electrons. The number of hydrogen-bond acceptors (Lipinski definition) is 3. The first-order valence-electron chi connectivity index (χ1n) is 8.60. The molecule has 7 heteroatoms. The van der Waals surface area contributed by atoms with Gasteiger partial charge in [0.25, 0.3) is 5.56 Å². The molecule has 2 heterocycles. The smallest absolute Gasteiger partial charge is 0.273 e. The van der Waals surface area contributed by atoms with E-state index in [1.807, 2.05) is 0 Å². The summed E-state index contributed by atoms with van der Waals surface area (Å²) in [6, 6.07) is 16.2. The highest BCUT2D eigenvalue weighted by Crippen LogP contribution is 2.12. The van der Waals surface area contributed by atoms with E-state index >= 15 is 0 Å². The van der Waals surface area contributed by atoms with Gasteiger partial charge in [0.05, 0.1) is 18.5 Å². The lowest BCUT2D eigenvalue weighted by molar-refractivity contribution is 0.613. The summed E-state index contributed by atoms with van der Waals surface area (Å²) in [4.78, 5) is 30.3. The van der Waals surface area contributed by atoms with Crippen LogP contribution in [0.2, 0.25) is 5.02 Å². The molecule has 0 amide bonds. The zero-order valence-corrected chi connectivity index (χ0v) is 15.4. The summed E-state index contributed by atoms with van der Waals surface area (Å²) in [5.41, 5.74) is 0.720. The van der Waals surface area contributed by atoms with Crippen LogP contribution in [0.4, 0.5) is 4.39 Å². The van der Waals surface area contributed by atoms with Crippen molar-refractivity contribution in [3.63, 3.8) is 0 Å². The van der Waals surface area contributed by atoms with E-state index in [4.69, 9.17) is 11.6 Å². The van der Waals surface area contributed by atoms with E-state index < -0.39 is 17.1 Å². The van der Waals surface area contributed by atoms with Crippen LogP contribution in [-0.4, -0.2) is 14.1 Å². The van der Waals surface area contributed by atoms with E-state index in [0.29, 0.717) is 16.0 Å². The molecular weight excluding hydrogens is 381 g/mol. The fraction of sp³-hybridized carbons (Fsp3) is 0.0952. The van der Waals surface area contributed by atoms with Crippen LogP contribution in [0.15, 0.2) is 76.4 Å². The van der Waals surface area contributed by atoms with E-state index in [-0.39, 0.29) is 18.7 Å². The second kappa shape index (κ2) is 7.40. The number of nitrogens with zero attached hydrogens (tertiary/aromatic N) is 3. The lowest BCUT2D eigenvalue weighted by Gasteiger charge is -2.13. The van der Waals surface area contributed by atoms with Gasteiger partial charge in [0.2, 0.25) is 0 Å². The lowest BCUT2D eigenvalue weighted by atomic mass is 10.2. The lowest BCUT2D eigenvalue weighted by Crippen LogP contribution is -2.40. The van der Waals surface area contributed by atoms with Crippen molar-refractivity contribution in [1.29, 1.82) is 0 Å². The molecule has 0 aliphatic rings. The molecule has 0 saturated heterocycles. The minimum Gasteiger partial charge on any atom is -0.273 e. The van der Waals surface area contributed by atoms with Gasteiger partial charge in [-0.25, -0.2) is 14.2 Å². The topological polar surface area (TPSA) is 56.9 Å². The SMILES string of the molecule is O=c1c2cccnc2n(Cc2cccc(F)c2)c(=O)n1Cc1ccc(Cl)cc1. The normalized spacial score (nSPS) is 11.1. The zero-order valence-electron chi connectivity index (χ0n) is 14.7. The van der Waals surface area contributed by atoms with Crippen molar-refractivity contribution in [2.24, 2.45) is 0 Å². The van der Waals surface area contributed by atoms with E-state index in [1.165, 1.54) is 22.9 Å². The Bertz CT molecular complexity index is 1280. The molecule has 5 nitrogen and oxygen atoms in total. The third-order valence-corrected chi connectivity index (χ3v) is 4.72. The first-order chi connectivity index (χ1) is 13.5. The summed E-state index contributed by atoms with van der Waals surface area (Å²) in [6.07, 6.45) is 1.52. The number of fused-ring (bicyclic) bond motifs is 1. The molecule has 0 aliphatic heterocycles. The monoisotopic (exact) mass is 395 g/mol. The molecule has 0 N–H and O–H groups in total. The second-order valence-corrected chi connectivity index (χ2v) is 6.83. The van der Waals surface area contributed by atoms with Gasteiger partial charge in [0, 0.05) is 11.2 Å². The van der Waals surface area contributed by atoms with Gasteiger partial charge >= 0.3 is 5.69 Å². The molecule has 28 heavy (non-hydrogen) atoms. The van der Waals surface area contributed by atoms with Crippen molar-refractivity contribution in [3.05, 3.63) is 110 Å². The minimum atomic E-state index is -0.504. The third kappa shape index (κ3) is 3.46. The number of benzene rings is 2. The first-order valence-corrected chi connectivity index (χ1v) is 8.98. The minimum absolute atomic E-state index is 0.100. The predicted molar refractivity (Wildman–Crippen MR) is 106 cm³/mol. The van der Waals surface area contributed by atoms with Crippen LogP contribution < -0.4 is 11.2 Å². The van der Waals surface area contributed by atoms with Gasteiger partial charge in [-0.1, -0.05) is 35.9 Å². The Labute approximate surface area is 164 Å². The summed E-state index contributed by atoms with van der Waals surface area (Å²) >= 11 is 5.91. The number of aromatic nitrogens is 3. The van der Waals surface area contributed by atoms with Gasteiger partial charge in [0.1, 0.15) is 11.5 Å². The molecule has 0 unspecified atom stereocenters. The average Bonchev–Trinajstić information content (AvgIpc) is 2.70. The maximum Gasteiger partial charge on any atom is 0.333 e. The number of rotatable bonds is 4. The molecule has 0 bridgehead atoms. The van der Waals surface area contributed by atoms with Crippen molar-refractivity contribution in [1.82, 2.24) is 14.1 Å². The molecule has 0 fully saturated rings. The molecule has 2 aromatic carbocycles. The largest absolute Gasteiger partial charge is 0.333 e. The van der Waals surface area contributed by atoms with Crippen LogP contribution in [0.5, 0.6) is 0 Å². The second-order valence-electron chi connectivity index (χ2n) is 6.39. The summed E-state index contributed by atoms with van der Waals surface area (Å²) in [6.45, 7) is 0.202. The van der Waals surface area contributed by atoms with Crippen molar-refractivity contribution in [3.8, 4) is 0 Å². The molecule has 0 saturated carbocycles. The molecule has 0 atom stereocenters. The van der Waals surface area contributed by atoms with Gasteiger partial charge < -0.3 is 0 Å².